The average molecular weight is 460 g/mol. The summed E-state index contributed by atoms with van der Waals surface area (Å²) in [5.74, 6) is 0.449. The Hall–Kier alpha value is -2.04. The van der Waals surface area contributed by atoms with E-state index in [1.165, 1.54) is 24.3 Å². The Labute approximate surface area is 177 Å². The lowest BCUT2D eigenvalue weighted by Crippen LogP contribution is -2.44. The van der Waals surface area contributed by atoms with E-state index < -0.39 is 21.2 Å². The Bertz CT molecular complexity index is 1030. The van der Waals surface area contributed by atoms with Crippen molar-refractivity contribution in [1.82, 2.24) is 9.97 Å². The molecule has 162 valence electrons. The summed E-state index contributed by atoms with van der Waals surface area (Å²) in [6, 6.07) is 6.69. The summed E-state index contributed by atoms with van der Waals surface area (Å²) in [5, 5.41) is -0.0247. The number of aromatic nitrogens is 2. The molecule has 1 aliphatic carbocycles. The number of hydrogen-bond acceptors (Lipinski definition) is 7. The van der Waals surface area contributed by atoms with Crippen molar-refractivity contribution in [2.24, 2.45) is 0 Å². The van der Waals surface area contributed by atoms with Crippen molar-refractivity contribution in [1.29, 1.82) is 0 Å². The van der Waals surface area contributed by atoms with Crippen LogP contribution in [0.25, 0.3) is 0 Å². The number of alkyl halides is 2. The van der Waals surface area contributed by atoms with E-state index in [1.807, 2.05) is 11.8 Å². The number of ether oxygens (including phenoxy) is 2. The van der Waals surface area contributed by atoms with Gasteiger partial charge < -0.3 is 14.4 Å². The molecule has 1 aliphatic heterocycles. The number of hydrogen-bond donors (Lipinski definition) is 0. The van der Waals surface area contributed by atoms with E-state index in [0.29, 0.717) is 44.1 Å². The Morgan fingerprint density at radius 2 is 1.97 bits per heavy atom. The predicted octanol–water partition coefficient (Wildman–Crippen LogP) is 3.42. The number of rotatable bonds is 6. The minimum absolute atomic E-state index is 0.0117. The molecule has 4 rings (SSSR count). The average Bonchev–Trinajstić information content (AvgIpc) is 3.50. The molecule has 2 aromatic rings. The van der Waals surface area contributed by atoms with Crippen LogP contribution in [0, 0.1) is 0 Å². The van der Waals surface area contributed by atoms with Gasteiger partial charge in [-0.25, -0.2) is 18.4 Å². The number of anilines is 1. The largest absolute Gasteiger partial charge is 0.435 e. The number of nitrogens with zero attached hydrogens (tertiary/aromatic N) is 3. The monoisotopic (exact) mass is 459 g/mol. The molecule has 0 bridgehead atoms. The second-order valence-corrected chi connectivity index (χ2v) is 9.94. The lowest BCUT2D eigenvalue weighted by atomic mass is 10.2. The summed E-state index contributed by atoms with van der Waals surface area (Å²) in [4.78, 5) is 10.5. The van der Waals surface area contributed by atoms with Gasteiger partial charge in [-0.2, -0.15) is 8.78 Å². The highest BCUT2D eigenvalue weighted by Crippen LogP contribution is 2.55. The third-order valence-corrected chi connectivity index (χ3v) is 8.10. The topological polar surface area (TPSA) is 81.6 Å². The molecule has 1 aromatic carbocycles. The van der Waals surface area contributed by atoms with E-state index in [9.17, 15) is 17.2 Å². The number of benzene rings is 1. The predicted molar refractivity (Wildman–Crippen MR) is 106 cm³/mol. The Kier molecular flexibility index (Phi) is 5.58. The Balaban J connectivity index is 1.68. The van der Waals surface area contributed by atoms with E-state index in [-0.39, 0.29) is 22.0 Å². The van der Waals surface area contributed by atoms with Crippen LogP contribution < -0.4 is 9.64 Å². The zero-order chi connectivity index (χ0) is 21.5. The first-order valence-electron chi connectivity index (χ1n) is 9.42. The zero-order valence-corrected chi connectivity index (χ0v) is 17.7. The fourth-order valence-electron chi connectivity index (χ4n) is 3.66. The van der Waals surface area contributed by atoms with Crippen molar-refractivity contribution in [3.63, 3.8) is 0 Å². The lowest BCUT2D eigenvalue weighted by Gasteiger charge is -2.34. The second-order valence-electron chi connectivity index (χ2n) is 7.35. The molecule has 11 heteroatoms. The highest BCUT2D eigenvalue weighted by Gasteiger charge is 2.58. The maximum Gasteiger partial charge on any atom is 0.387 e. The molecule has 1 saturated carbocycles. The molecular formula is C19H20ClF2N3O4S. The second kappa shape index (κ2) is 7.90. The Morgan fingerprint density at radius 3 is 2.57 bits per heavy atom. The highest BCUT2D eigenvalue weighted by atomic mass is 35.5. The van der Waals surface area contributed by atoms with Gasteiger partial charge >= 0.3 is 6.61 Å². The molecule has 1 atom stereocenters. The first kappa shape index (κ1) is 21.2. The molecule has 2 fully saturated rings. The van der Waals surface area contributed by atoms with Crippen LogP contribution in [0.3, 0.4) is 0 Å². The van der Waals surface area contributed by atoms with Gasteiger partial charge in [-0.3, -0.25) is 0 Å². The van der Waals surface area contributed by atoms with E-state index in [2.05, 4.69) is 14.7 Å². The molecule has 7 nitrogen and oxygen atoms in total. The molecule has 30 heavy (non-hydrogen) atoms. The van der Waals surface area contributed by atoms with Gasteiger partial charge in [-0.05, 0) is 55.6 Å². The molecule has 0 amide bonds. The van der Waals surface area contributed by atoms with Gasteiger partial charge in [-0.15, -0.1) is 0 Å². The van der Waals surface area contributed by atoms with Gasteiger partial charge in [0, 0.05) is 12.6 Å². The number of halogens is 3. The van der Waals surface area contributed by atoms with Gasteiger partial charge in [0.1, 0.15) is 16.3 Å². The van der Waals surface area contributed by atoms with Gasteiger partial charge in [0.25, 0.3) is 0 Å². The summed E-state index contributed by atoms with van der Waals surface area (Å²) in [6.07, 6.45) is 0.770. The van der Waals surface area contributed by atoms with Crippen LogP contribution >= 0.6 is 11.6 Å². The van der Waals surface area contributed by atoms with Crippen LogP contribution in [-0.4, -0.2) is 50.8 Å². The molecule has 2 heterocycles. The third-order valence-electron chi connectivity index (χ3n) is 5.39. The number of sulfone groups is 1. The molecule has 1 aromatic heterocycles. The first-order valence-corrected chi connectivity index (χ1v) is 11.3. The first-order chi connectivity index (χ1) is 14.2. The van der Waals surface area contributed by atoms with Crippen molar-refractivity contribution in [3.8, 4) is 5.75 Å². The van der Waals surface area contributed by atoms with E-state index in [4.69, 9.17) is 16.3 Å². The van der Waals surface area contributed by atoms with Gasteiger partial charge in [-0.1, -0.05) is 0 Å². The zero-order valence-electron chi connectivity index (χ0n) is 16.1. The molecule has 0 spiro atoms. The van der Waals surface area contributed by atoms with E-state index >= 15 is 0 Å². The molecule has 0 radical (unpaired) electrons. The van der Waals surface area contributed by atoms with E-state index in [0.717, 1.165) is 0 Å². The molecule has 0 unspecified atom stereocenters. The van der Waals surface area contributed by atoms with Crippen molar-refractivity contribution < 1.29 is 26.7 Å². The maximum atomic E-state index is 13.4. The molecule has 2 aliphatic rings. The van der Waals surface area contributed by atoms with Gasteiger partial charge in [0.05, 0.1) is 29.8 Å². The summed E-state index contributed by atoms with van der Waals surface area (Å²) in [6.45, 7) is 0.692. The van der Waals surface area contributed by atoms with Gasteiger partial charge in [0.15, 0.2) is 9.84 Å². The SMILES string of the molecule is C[C@H]1COCCN1c1cc(C2(S(=O)(=O)c3ccc(OC(F)F)cc3)CC2)nc(Cl)n1. The summed E-state index contributed by atoms with van der Waals surface area (Å²) in [5.41, 5.74) is 0.337. The summed E-state index contributed by atoms with van der Waals surface area (Å²) < 4.78 is 60.0. The summed E-state index contributed by atoms with van der Waals surface area (Å²) in [7, 11) is -3.84. The fourth-order valence-corrected chi connectivity index (χ4v) is 5.80. The van der Waals surface area contributed by atoms with E-state index in [1.54, 1.807) is 6.07 Å². The summed E-state index contributed by atoms with van der Waals surface area (Å²) >= 11 is 6.15. The van der Waals surface area contributed by atoms with Crippen molar-refractivity contribution in [3.05, 3.63) is 41.3 Å². The molecular weight excluding hydrogens is 440 g/mol. The standard InChI is InChI=1S/C19H20ClF2N3O4S/c1-12-11-28-9-8-25(12)16-10-15(23-17(20)24-16)19(6-7-19)30(26,27)14-4-2-13(3-5-14)29-18(21)22/h2-5,10,12,18H,6-9,11H2,1H3/t12-/m0/s1. The lowest BCUT2D eigenvalue weighted by molar-refractivity contribution is -0.0498. The van der Waals surface area contributed by atoms with Crippen LogP contribution in [0.2, 0.25) is 5.28 Å². The minimum atomic E-state index is -3.84. The van der Waals surface area contributed by atoms with Crippen LogP contribution in [-0.2, 0) is 19.3 Å². The maximum absolute atomic E-state index is 13.4. The van der Waals surface area contributed by atoms with Crippen LogP contribution in [0.5, 0.6) is 5.75 Å². The third kappa shape index (κ3) is 3.83. The van der Waals surface area contributed by atoms with Crippen molar-refractivity contribution in [2.45, 2.75) is 42.1 Å². The molecule has 0 N–H and O–H groups in total. The minimum Gasteiger partial charge on any atom is -0.435 e. The van der Waals surface area contributed by atoms with Crippen molar-refractivity contribution >= 4 is 27.3 Å². The normalized spacial score (nSPS) is 21.0. The smallest absolute Gasteiger partial charge is 0.387 e. The van der Waals surface area contributed by atoms with Crippen LogP contribution in [0.1, 0.15) is 25.5 Å². The van der Waals surface area contributed by atoms with Crippen molar-refractivity contribution in [2.75, 3.05) is 24.7 Å². The molecule has 1 saturated heterocycles. The van der Waals surface area contributed by atoms with Crippen LogP contribution in [0.15, 0.2) is 35.2 Å². The highest BCUT2D eigenvalue weighted by molar-refractivity contribution is 7.92. The fraction of sp³-hybridized carbons (Fsp3) is 0.474. The Morgan fingerprint density at radius 1 is 1.27 bits per heavy atom. The number of morpholine rings is 1. The van der Waals surface area contributed by atoms with Crippen LogP contribution in [0.4, 0.5) is 14.6 Å². The van der Waals surface area contributed by atoms with Gasteiger partial charge in [0.2, 0.25) is 5.28 Å². The quantitative estimate of drug-likeness (QED) is 0.612.